The zero-order valence-corrected chi connectivity index (χ0v) is 15.3. The second-order valence-corrected chi connectivity index (χ2v) is 7.27. The van der Waals surface area contributed by atoms with Crippen LogP contribution in [0.3, 0.4) is 0 Å². The summed E-state index contributed by atoms with van der Waals surface area (Å²) in [6, 6.07) is 5.86. The van der Waals surface area contributed by atoms with Crippen LogP contribution in [0.1, 0.15) is 59.5 Å². The van der Waals surface area contributed by atoms with Gasteiger partial charge in [-0.2, -0.15) is 0 Å². The molecule has 2 aromatic rings. The van der Waals surface area contributed by atoms with Gasteiger partial charge in [-0.1, -0.05) is 11.3 Å². The summed E-state index contributed by atoms with van der Waals surface area (Å²) in [5.74, 6) is -0.170. The summed E-state index contributed by atoms with van der Waals surface area (Å²) in [6.45, 7) is 1.38. The normalized spacial score (nSPS) is 19.7. The first-order valence-corrected chi connectivity index (χ1v) is 9.64. The molecule has 0 bridgehead atoms. The van der Waals surface area contributed by atoms with E-state index in [4.69, 9.17) is 0 Å². The quantitative estimate of drug-likeness (QED) is 0.837. The molecule has 0 spiro atoms. The predicted octanol–water partition coefficient (Wildman–Crippen LogP) is 1.65. The van der Waals surface area contributed by atoms with Crippen molar-refractivity contribution >= 4 is 11.8 Å². The number of hydrogen-bond donors (Lipinski definition) is 1. The Morgan fingerprint density at radius 3 is 2.81 bits per heavy atom. The maximum atomic E-state index is 12.8. The smallest absolute Gasteiger partial charge is 0.273 e. The van der Waals surface area contributed by atoms with E-state index in [-0.39, 0.29) is 17.9 Å². The molecule has 1 unspecified atom stereocenters. The number of piperidine rings is 1. The molecule has 0 radical (unpaired) electrons. The van der Waals surface area contributed by atoms with E-state index in [1.807, 2.05) is 17.0 Å². The van der Waals surface area contributed by atoms with Gasteiger partial charge >= 0.3 is 0 Å². The Bertz CT molecular complexity index is 802. The van der Waals surface area contributed by atoms with Crippen molar-refractivity contribution in [2.45, 2.75) is 57.2 Å². The van der Waals surface area contributed by atoms with Crippen molar-refractivity contribution in [3.8, 4) is 0 Å². The summed E-state index contributed by atoms with van der Waals surface area (Å²) in [4.78, 5) is 31.0. The number of rotatable bonds is 6. The van der Waals surface area contributed by atoms with E-state index in [0.29, 0.717) is 24.0 Å². The molecule has 1 aliphatic carbocycles. The summed E-state index contributed by atoms with van der Waals surface area (Å²) >= 11 is 0. The van der Waals surface area contributed by atoms with Crippen LogP contribution >= 0.6 is 0 Å². The number of likely N-dealkylation sites (tertiary alicyclic amines) is 1. The molecule has 2 aliphatic rings. The summed E-state index contributed by atoms with van der Waals surface area (Å²) in [7, 11) is 0. The third-order valence-electron chi connectivity index (χ3n) is 5.15. The molecule has 2 fully saturated rings. The lowest BCUT2D eigenvalue weighted by molar-refractivity contribution is 0.0587. The predicted molar refractivity (Wildman–Crippen MR) is 98.0 cm³/mol. The maximum Gasteiger partial charge on any atom is 0.273 e. The monoisotopic (exact) mass is 368 g/mol. The molecule has 1 aliphatic heterocycles. The fraction of sp³-hybridized carbons (Fsp3) is 0.526. The number of carbonyl (C=O) groups is 2. The van der Waals surface area contributed by atoms with Crippen LogP contribution in [-0.4, -0.2) is 55.3 Å². The van der Waals surface area contributed by atoms with Crippen LogP contribution in [0, 0.1) is 0 Å². The fourth-order valence-electron chi connectivity index (χ4n) is 3.48. The van der Waals surface area contributed by atoms with Gasteiger partial charge in [0.05, 0.1) is 6.20 Å². The van der Waals surface area contributed by atoms with E-state index in [1.165, 1.54) is 0 Å². The van der Waals surface area contributed by atoms with Gasteiger partial charge < -0.3 is 10.2 Å². The number of aryl methyl sites for hydroxylation is 1. The highest BCUT2D eigenvalue weighted by Gasteiger charge is 2.28. The van der Waals surface area contributed by atoms with E-state index in [9.17, 15) is 9.59 Å². The zero-order valence-electron chi connectivity index (χ0n) is 15.3. The first-order chi connectivity index (χ1) is 13.2. The number of nitrogens with zero attached hydrogens (tertiary/aromatic N) is 5. The Morgan fingerprint density at radius 1 is 1.15 bits per heavy atom. The van der Waals surface area contributed by atoms with Gasteiger partial charge in [0.2, 0.25) is 0 Å². The van der Waals surface area contributed by atoms with Gasteiger partial charge in [0.25, 0.3) is 11.8 Å². The van der Waals surface area contributed by atoms with Gasteiger partial charge in [-0.15, -0.1) is 5.10 Å². The van der Waals surface area contributed by atoms with E-state index in [1.54, 1.807) is 23.1 Å². The zero-order chi connectivity index (χ0) is 18.6. The minimum atomic E-state index is -0.159. The minimum Gasteiger partial charge on any atom is -0.348 e. The Balaban J connectivity index is 1.36. The first kappa shape index (κ1) is 17.6. The third-order valence-corrected chi connectivity index (χ3v) is 5.15. The molecule has 0 aromatic carbocycles. The second-order valence-electron chi connectivity index (χ2n) is 7.27. The largest absolute Gasteiger partial charge is 0.348 e. The second kappa shape index (κ2) is 7.85. The standard InChI is InChI=1S/C19H24N6O2/c26-18(21-14-7-8-14)17-13-24(23-22-17)12-9-15-5-2-4-11-25(15)19(27)16-6-1-3-10-20-16/h1,3,6,10,13-15H,2,4-5,7-9,11-12H2,(H,21,26). The lowest BCUT2D eigenvalue weighted by Gasteiger charge is -2.35. The van der Waals surface area contributed by atoms with Crippen molar-refractivity contribution in [3.63, 3.8) is 0 Å². The van der Waals surface area contributed by atoms with Gasteiger partial charge in [-0.3, -0.25) is 19.3 Å². The number of nitrogens with one attached hydrogen (secondary N) is 1. The highest BCUT2D eigenvalue weighted by Crippen LogP contribution is 2.22. The van der Waals surface area contributed by atoms with Crippen molar-refractivity contribution in [1.29, 1.82) is 0 Å². The molecule has 27 heavy (non-hydrogen) atoms. The molecule has 2 amide bonds. The molecule has 8 nitrogen and oxygen atoms in total. The van der Waals surface area contributed by atoms with E-state index in [2.05, 4.69) is 20.6 Å². The lowest BCUT2D eigenvalue weighted by Crippen LogP contribution is -2.44. The van der Waals surface area contributed by atoms with Crippen molar-refractivity contribution in [2.75, 3.05) is 6.54 Å². The third kappa shape index (κ3) is 4.32. The average molecular weight is 368 g/mol. The van der Waals surface area contributed by atoms with Crippen LogP contribution in [0.2, 0.25) is 0 Å². The Kier molecular flexibility index (Phi) is 5.13. The summed E-state index contributed by atoms with van der Waals surface area (Å²) in [5, 5.41) is 11.0. The van der Waals surface area contributed by atoms with Crippen LogP contribution in [0.4, 0.5) is 0 Å². The summed E-state index contributed by atoms with van der Waals surface area (Å²) < 4.78 is 1.69. The summed E-state index contributed by atoms with van der Waals surface area (Å²) in [6.07, 6.45) is 9.31. The van der Waals surface area contributed by atoms with E-state index in [0.717, 1.165) is 45.1 Å². The molecule has 8 heteroatoms. The first-order valence-electron chi connectivity index (χ1n) is 9.64. The van der Waals surface area contributed by atoms with Crippen molar-refractivity contribution in [1.82, 2.24) is 30.2 Å². The van der Waals surface area contributed by atoms with Gasteiger partial charge in [-0.05, 0) is 50.7 Å². The van der Waals surface area contributed by atoms with Crippen molar-refractivity contribution in [2.24, 2.45) is 0 Å². The Labute approximate surface area is 158 Å². The number of hydrogen-bond acceptors (Lipinski definition) is 5. The molecule has 1 N–H and O–H groups in total. The SMILES string of the molecule is O=C(NC1CC1)c1cn(CCC2CCCCN2C(=O)c2ccccn2)nn1. The fourth-order valence-corrected chi connectivity index (χ4v) is 3.48. The molecular weight excluding hydrogens is 344 g/mol. The van der Waals surface area contributed by atoms with Crippen molar-refractivity contribution < 1.29 is 9.59 Å². The average Bonchev–Trinajstić information content (AvgIpc) is 3.39. The van der Waals surface area contributed by atoms with Crippen LogP contribution in [0.25, 0.3) is 0 Å². The van der Waals surface area contributed by atoms with Crippen LogP contribution in [0.15, 0.2) is 30.6 Å². The van der Waals surface area contributed by atoms with E-state index < -0.39 is 0 Å². The number of aromatic nitrogens is 4. The molecule has 1 saturated heterocycles. The van der Waals surface area contributed by atoms with Crippen LogP contribution in [-0.2, 0) is 6.54 Å². The lowest BCUT2D eigenvalue weighted by atomic mass is 9.98. The molecule has 3 heterocycles. The maximum absolute atomic E-state index is 12.8. The topological polar surface area (TPSA) is 93.0 Å². The highest BCUT2D eigenvalue weighted by molar-refractivity contribution is 5.92. The molecular formula is C19H24N6O2. The van der Waals surface area contributed by atoms with E-state index >= 15 is 0 Å². The van der Waals surface area contributed by atoms with Crippen LogP contribution < -0.4 is 5.32 Å². The summed E-state index contributed by atoms with van der Waals surface area (Å²) in [5.41, 5.74) is 0.844. The number of amides is 2. The van der Waals surface area contributed by atoms with Gasteiger partial charge in [0, 0.05) is 31.4 Å². The molecule has 1 atom stereocenters. The number of pyridine rings is 1. The highest BCUT2D eigenvalue weighted by atomic mass is 16.2. The molecule has 1 saturated carbocycles. The molecule has 4 rings (SSSR count). The Hall–Kier alpha value is -2.77. The minimum absolute atomic E-state index is 0.0107. The van der Waals surface area contributed by atoms with Crippen molar-refractivity contribution in [3.05, 3.63) is 42.0 Å². The Morgan fingerprint density at radius 2 is 2.04 bits per heavy atom. The molecule has 2 aromatic heterocycles. The molecule has 142 valence electrons. The van der Waals surface area contributed by atoms with Gasteiger partial charge in [-0.25, -0.2) is 0 Å². The van der Waals surface area contributed by atoms with Crippen LogP contribution in [0.5, 0.6) is 0 Å². The van der Waals surface area contributed by atoms with Gasteiger partial charge in [0.15, 0.2) is 5.69 Å². The van der Waals surface area contributed by atoms with Gasteiger partial charge in [0.1, 0.15) is 5.69 Å². The number of carbonyl (C=O) groups excluding carboxylic acids is 2.